The topological polar surface area (TPSA) is 70.0 Å². The number of hydrogen-bond donors (Lipinski definition) is 1. The number of carbonyl (C=O) groups excluding carboxylic acids is 1. The first-order valence-electron chi connectivity index (χ1n) is 5.39. The van der Waals surface area contributed by atoms with Crippen LogP contribution in [0, 0.1) is 6.92 Å². The number of carbonyl (C=O) groups is 2. The van der Waals surface area contributed by atoms with Crippen LogP contribution in [0.15, 0.2) is 27.8 Å². The van der Waals surface area contributed by atoms with Crippen LogP contribution < -0.4 is 5.01 Å². The van der Waals surface area contributed by atoms with Crippen molar-refractivity contribution in [1.82, 2.24) is 0 Å². The van der Waals surface area contributed by atoms with Gasteiger partial charge in [-0.15, -0.1) is 0 Å². The molecule has 0 bridgehead atoms. The van der Waals surface area contributed by atoms with Crippen molar-refractivity contribution in [3.8, 4) is 0 Å². The number of amides is 1. The largest absolute Gasteiger partial charge is 0.477 e. The van der Waals surface area contributed by atoms with Gasteiger partial charge in [0.15, 0.2) is 0 Å². The van der Waals surface area contributed by atoms with Crippen LogP contribution in [0.5, 0.6) is 0 Å². The molecule has 0 saturated heterocycles. The molecule has 0 radical (unpaired) electrons. The number of rotatable bonds is 2. The Morgan fingerprint density at radius 2 is 2.17 bits per heavy atom. The van der Waals surface area contributed by atoms with Crippen LogP contribution in [0.25, 0.3) is 0 Å². The van der Waals surface area contributed by atoms with Gasteiger partial charge >= 0.3 is 5.97 Å². The average molecular weight is 311 g/mol. The van der Waals surface area contributed by atoms with Crippen molar-refractivity contribution in [2.24, 2.45) is 5.10 Å². The summed E-state index contributed by atoms with van der Waals surface area (Å²) >= 11 is 3.34. The number of nitrogens with zero attached hydrogens (tertiary/aromatic N) is 2. The highest BCUT2D eigenvalue weighted by Crippen LogP contribution is 2.26. The highest BCUT2D eigenvalue weighted by Gasteiger charge is 2.26. The number of hydrogen-bond acceptors (Lipinski definition) is 3. The first-order valence-corrected chi connectivity index (χ1v) is 6.18. The smallest absolute Gasteiger partial charge is 0.352 e. The maximum atomic E-state index is 11.8. The van der Waals surface area contributed by atoms with Gasteiger partial charge in [0.05, 0.1) is 5.69 Å². The summed E-state index contributed by atoms with van der Waals surface area (Å²) in [4.78, 5) is 22.7. The number of carboxylic acid groups (broad SMARTS) is 1. The highest BCUT2D eigenvalue weighted by atomic mass is 79.9. The predicted molar refractivity (Wildman–Crippen MR) is 70.7 cm³/mol. The molecule has 1 aromatic rings. The van der Waals surface area contributed by atoms with E-state index in [0.29, 0.717) is 5.69 Å². The van der Waals surface area contributed by atoms with E-state index in [4.69, 9.17) is 5.11 Å². The molecule has 2 rings (SSSR count). The van der Waals surface area contributed by atoms with Gasteiger partial charge in [0.2, 0.25) is 5.91 Å². The molecule has 1 aliphatic heterocycles. The third-order valence-corrected chi connectivity index (χ3v) is 3.16. The second-order valence-corrected chi connectivity index (χ2v) is 4.90. The first kappa shape index (κ1) is 12.8. The minimum atomic E-state index is -1.08. The zero-order valence-electron chi connectivity index (χ0n) is 9.68. The lowest BCUT2D eigenvalue weighted by atomic mass is 10.1. The molecule has 1 heterocycles. The molecule has 94 valence electrons. The molecule has 0 aromatic heterocycles. The molecule has 1 aliphatic rings. The summed E-state index contributed by atoms with van der Waals surface area (Å²) in [7, 11) is 0. The molecule has 0 saturated carbocycles. The van der Waals surface area contributed by atoms with Crippen LogP contribution in [0.4, 0.5) is 5.69 Å². The van der Waals surface area contributed by atoms with Crippen LogP contribution >= 0.6 is 15.9 Å². The number of aryl methyl sites for hydroxylation is 1. The Labute approximate surface area is 112 Å². The number of benzene rings is 1. The van der Waals surface area contributed by atoms with Crippen molar-refractivity contribution in [2.75, 3.05) is 5.01 Å². The second kappa shape index (κ2) is 4.89. The minimum Gasteiger partial charge on any atom is -0.477 e. The van der Waals surface area contributed by atoms with E-state index in [-0.39, 0.29) is 24.5 Å². The van der Waals surface area contributed by atoms with Gasteiger partial charge in [-0.2, -0.15) is 10.1 Å². The monoisotopic (exact) mass is 310 g/mol. The molecule has 0 aliphatic carbocycles. The van der Waals surface area contributed by atoms with Gasteiger partial charge in [-0.1, -0.05) is 15.9 Å². The Balaban J connectivity index is 2.44. The van der Waals surface area contributed by atoms with Crippen molar-refractivity contribution in [3.05, 3.63) is 28.2 Å². The van der Waals surface area contributed by atoms with Crippen molar-refractivity contribution >= 4 is 39.2 Å². The number of aliphatic carboxylic acids is 1. The molecule has 0 atom stereocenters. The molecular weight excluding hydrogens is 300 g/mol. The molecule has 0 fully saturated rings. The Hall–Kier alpha value is -1.69. The van der Waals surface area contributed by atoms with Crippen molar-refractivity contribution in [1.29, 1.82) is 0 Å². The zero-order valence-corrected chi connectivity index (χ0v) is 11.3. The summed E-state index contributed by atoms with van der Waals surface area (Å²) in [6, 6.07) is 5.39. The molecule has 18 heavy (non-hydrogen) atoms. The lowest BCUT2D eigenvalue weighted by Crippen LogP contribution is -2.34. The molecule has 6 heteroatoms. The van der Waals surface area contributed by atoms with Crippen LogP contribution in [0.3, 0.4) is 0 Å². The number of halogens is 1. The van der Waals surface area contributed by atoms with Gasteiger partial charge in [0, 0.05) is 17.3 Å². The molecule has 5 nitrogen and oxygen atoms in total. The number of hydrazone groups is 1. The van der Waals surface area contributed by atoms with E-state index < -0.39 is 5.97 Å². The van der Waals surface area contributed by atoms with E-state index >= 15 is 0 Å². The van der Waals surface area contributed by atoms with Crippen molar-refractivity contribution in [2.45, 2.75) is 19.8 Å². The Morgan fingerprint density at radius 1 is 1.44 bits per heavy atom. The normalized spacial score (nSPS) is 15.6. The van der Waals surface area contributed by atoms with Crippen LogP contribution in [0.1, 0.15) is 18.4 Å². The molecular formula is C12H11BrN2O3. The average Bonchev–Trinajstić information content (AvgIpc) is 2.30. The lowest BCUT2D eigenvalue weighted by molar-refractivity contribution is -0.129. The summed E-state index contributed by atoms with van der Waals surface area (Å²) in [5.41, 5.74) is 1.48. The fourth-order valence-electron chi connectivity index (χ4n) is 1.75. The highest BCUT2D eigenvalue weighted by molar-refractivity contribution is 9.10. The van der Waals surface area contributed by atoms with Crippen LogP contribution in [0.2, 0.25) is 0 Å². The van der Waals surface area contributed by atoms with Crippen LogP contribution in [-0.2, 0) is 9.59 Å². The quantitative estimate of drug-likeness (QED) is 0.911. The van der Waals surface area contributed by atoms with Gasteiger partial charge in [-0.25, -0.2) is 4.79 Å². The van der Waals surface area contributed by atoms with Crippen LogP contribution in [-0.4, -0.2) is 22.7 Å². The van der Waals surface area contributed by atoms with E-state index in [1.807, 2.05) is 13.0 Å². The number of carboxylic acids is 1. The fourth-order valence-corrected chi connectivity index (χ4v) is 2.23. The van der Waals surface area contributed by atoms with Crippen molar-refractivity contribution < 1.29 is 14.7 Å². The maximum Gasteiger partial charge on any atom is 0.352 e. The van der Waals surface area contributed by atoms with Gasteiger partial charge in [-0.05, 0) is 30.7 Å². The molecule has 0 unspecified atom stereocenters. The maximum absolute atomic E-state index is 11.8. The third-order valence-electron chi connectivity index (χ3n) is 2.67. The third kappa shape index (κ3) is 2.43. The fraction of sp³-hybridized carbons (Fsp3) is 0.250. The van der Waals surface area contributed by atoms with E-state index in [9.17, 15) is 9.59 Å². The van der Waals surface area contributed by atoms with E-state index in [2.05, 4.69) is 21.0 Å². The molecule has 1 amide bonds. The Kier molecular flexibility index (Phi) is 3.47. The molecule has 0 spiro atoms. The van der Waals surface area contributed by atoms with E-state index in [1.165, 1.54) is 5.01 Å². The van der Waals surface area contributed by atoms with Crippen molar-refractivity contribution in [3.63, 3.8) is 0 Å². The summed E-state index contributed by atoms with van der Waals surface area (Å²) in [6.45, 7) is 1.85. The second-order valence-electron chi connectivity index (χ2n) is 3.99. The SMILES string of the molecule is Cc1cc(Br)ccc1N1N=C(C(=O)O)CCC1=O. The first-order chi connectivity index (χ1) is 8.49. The van der Waals surface area contributed by atoms with Gasteiger partial charge in [-0.3, -0.25) is 4.79 Å². The van der Waals surface area contributed by atoms with E-state index in [1.54, 1.807) is 12.1 Å². The number of anilines is 1. The van der Waals surface area contributed by atoms with E-state index in [0.717, 1.165) is 10.0 Å². The summed E-state index contributed by atoms with van der Waals surface area (Å²) in [5, 5.41) is 14.0. The molecule has 1 aromatic carbocycles. The summed E-state index contributed by atoms with van der Waals surface area (Å²) < 4.78 is 0.899. The summed E-state index contributed by atoms with van der Waals surface area (Å²) in [5.74, 6) is -1.27. The Bertz CT molecular complexity index is 554. The zero-order chi connectivity index (χ0) is 13.3. The molecule has 1 N–H and O–H groups in total. The Morgan fingerprint density at radius 3 is 2.78 bits per heavy atom. The lowest BCUT2D eigenvalue weighted by Gasteiger charge is -2.23. The standard InChI is InChI=1S/C12H11BrN2O3/c1-7-6-8(13)2-4-10(7)15-11(16)5-3-9(14-15)12(17)18/h2,4,6H,3,5H2,1H3,(H,17,18). The minimum absolute atomic E-state index is 0.0110. The predicted octanol–water partition coefficient (Wildman–Crippen LogP) is 2.32. The van der Waals surface area contributed by atoms with Gasteiger partial charge < -0.3 is 5.11 Å². The van der Waals surface area contributed by atoms with Gasteiger partial charge in [0.1, 0.15) is 5.71 Å². The van der Waals surface area contributed by atoms with Gasteiger partial charge in [0.25, 0.3) is 0 Å². The summed E-state index contributed by atoms with van der Waals surface area (Å²) in [6.07, 6.45) is 0.348.